The lowest BCUT2D eigenvalue weighted by molar-refractivity contribution is -0.0328. The number of thioether (sulfide) groups is 1. The number of halogens is 4. The van der Waals surface area contributed by atoms with Crippen LogP contribution in [0.5, 0.6) is 5.75 Å². The van der Waals surface area contributed by atoms with E-state index in [0.717, 1.165) is 19.3 Å². The van der Waals surface area contributed by atoms with Crippen molar-refractivity contribution in [3.8, 4) is 5.75 Å². The highest BCUT2D eigenvalue weighted by molar-refractivity contribution is 8.00. The zero-order valence-electron chi connectivity index (χ0n) is 9.98. The van der Waals surface area contributed by atoms with E-state index in [1.165, 1.54) is 18.2 Å². The summed E-state index contributed by atoms with van der Waals surface area (Å²) in [5.41, 5.74) is 2.07. The summed E-state index contributed by atoms with van der Waals surface area (Å²) >= 11 is -0.188. The van der Waals surface area contributed by atoms with E-state index in [0.29, 0.717) is 5.56 Å². The smallest absolute Gasteiger partial charge is 0.446 e. The third-order valence-corrected chi connectivity index (χ3v) is 3.97. The Labute approximate surface area is 120 Å². The van der Waals surface area contributed by atoms with E-state index in [9.17, 15) is 18.3 Å². The lowest BCUT2D eigenvalue weighted by atomic mass is 9.77. The van der Waals surface area contributed by atoms with Gasteiger partial charge in [0.1, 0.15) is 5.75 Å². The molecule has 0 aliphatic heterocycles. The molecule has 0 radical (unpaired) electrons. The first kappa shape index (κ1) is 16.5. The van der Waals surface area contributed by atoms with Gasteiger partial charge in [-0.05, 0) is 48.7 Å². The highest BCUT2D eigenvalue weighted by atomic mass is 35.5. The molecular weight excluding hydrogens is 299 g/mol. The van der Waals surface area contributed by atoms with Crippen molar-refractivity contribution in [2.75, 3.05) is 0 Å². The summed E-state index contributed by atoms with van der Waals surface area (Å²) in [7, 11) is 0. The predicted molar refractivity (Wildman–Crippen MR) is 71.5 cm³/mol. The van der Waals surface area contributed by atoms with Crippen molar-refractivity contribution in [2.45, 2.75) is 35.7 Å². The third kappa shape index (κ3) is 4.19. The average molecular weight is 314 g/mol. The number of rotatable bonds is 3. The summed E-state index contributed by atoms with van der Waals surface area (Å²) < 4.78 is 36.8. The normalized spacial score (nSPS) is 17.5. The maximum atomic E-state index is 12.3. The molecule has 0 aromatic heterocycles. The molecule has 1 fully saturated rings. The molecule has 2 nitrogen and oxygen atoms in total. The monoisotopic (exact) mass is 313 g/mol. The van der Waals surface area contributed by atoms with Gasteiger partial charge in [0.15, 0.2) is 0 Å². The first-order valence-corrected chi connectivity index (χ1v) is 6.53. The molecule has 1 aliphatic carbocycles. The molecule has 1 aliphatic rings. The van der Waals surface area contributed by atoms with Gasteiger partial charge in [0.05, 0.1) is 0 Å². The number of alkyl halides is 3. The largest absolute Gasteiger partial charge is 0.508 e. The Hall–Kier alpha value is -0.590. The number of phenolic OH excluding ortho intramolecular Hbond substituents is 1. The van der Waals surface area contributed by atoms with E-state index in [-0.39, 0.29) is 46.8 Å². The van der Waals surface area contributed by atoms with Gasteiger partial charge in [-0.2, -0.15) is 13.2 Å². The molecule has 1 saturated carbocycles. The third-order valence-electron chi connectivity index (χ3n) is 3.25. The molecular formula is C12H15ClF3NOS. The fraction of sp³-hybridized carbons (Fsp3) is 0.500. The van der Waals surface area contributed by atoms with Crippen LogP contribution in [0.3, 0.4) is 0 Å². The summed E-state index contributed by atoms with van der Waals surface area (Å²) in [6, 6.07) is 3.50. The fourth-order valence-corrected chi connectivity index (χ4v) is 2.64. The first-order valence-electron chi connectivity index (χ1n) is 5.71. The first-order chi connectivity index (χ1) is 8.37. The molecule has 1 aromatic rings. The molecule has 1 aromatic carbocycles. The van der Waals surface area contributed by atoms with Gasteiger partial charge in [-0.15, -0.1) is 12.4 Å². The van der Waals surface area contributed by atoms with Crippen molar-refractivity contribution in [3.63, 3.8) is 0 Å². The van der Waals surface area contributed by atoms with Crippen LogP contribution in [0, 0.1) is 5.92 Å². The average Bonchev–Trinajstić information content (AvgIpc) is 2.16. The van der Waals surface area contributed by atoms with Crippen molar-refractivity contribution in [2.24, 2.45) is 11.7 Å². The number of phenols is 1. The van der Waals surface area contributed by atoms with Crippen molar-refractivity contribution < 1.29 is 18.3 Å². The van der Waals surface area contributed by atoms with Crippen molar-refractivity contribution in [1.29, 1.82) is 0 Å². The molecule has 2 rings (SSSR count). The molecule has 7 heteroatoms. The number of hydrogen-bond donors (Lipinski definition) is 2. The van der Waals surface area contributed by atoms with Gasteiger partial charge >= 0.3 is 5.51 Å². The topological polar surface area (TPSA) is 46.2 Å². The van der Waals surface area contributed by atoms with Gasteiger partial charge in [0.2, 0.25) is 0 Å². The molecule has 0 bridgehead atoms. The minimum Gasteiger partial charge on any atom is -0.508 e. The predicted octanol–water partition coefficient (Wildman–Crippen LogP) is 4.23. The standard InChI is InChI=1S/C12H14F3NOS.ClH/c13-12(14,15)18-8-4-5-10(17)9(6-8)11(16)7-2-1-3-7;/h4-7,11,17H,1-3,16H2;1H/t11-;/m1./s1. The molecule has 1 atom stereocenters. The maximum Gasteiger partial charge on any atom is 0.446 e. The Balaban J connectivity index is 0.00000180. The van der Waals surface area contributed by atoms with Gasteiger partial charge < -0.3 is 10.8 Å². The molecule has 0 heterocycles. The van der Waals surface area contributed by atoms with Crippen LogP contribution in [0.1, 0.15) is 30.9 Å². The summed E-state index contributed by atoms with van der Waals surface area (Å²) in [6.07, 6.45) is 3.03. The molecule has 0 saturated heterocycles. The van der Waals surface area contributed by atoms with Gasteiger partial charge in [0, 0.05) is 16.5 Å². The van der Waals surface area contributed by atoms with Crippen molar-refractivity contribution >= 4 is 24.2 Å². The molecule has 108 valence electrons. The highest BCUT2D eigenvalue weighted by Gasteiger charge is 2.31. The quantitative estimate of drug-likeness (QED) is 0.821. The highest BCUT2D eigenvalue weighted by Crippen LogP contribution is 2.42. The molecule has 0 unspecified atom stereocenters. The van der Waals surface area contributed by atoms with E-state index in [4.69, 9.17) is 5.73 Å². The lowest BCUT2D eigenvalue weighted by Crippen LogP contribution is -2.26. The molecule has 3 N–H and O–H groups in total. The Morgan fingerprint density at radius 3 is 2.42 bits per heavy atom. The minimum atomic E-state index is -4.32. The Bertz CT molecular complexity index is 437. The fourth-order valence-electron chi connectivity index (χ4n) is 2.05. The Morgan fingerprint density at radius 1 is 1.32 bits per heavy atom. The van der Waals surface area contributed by atoms with Gasteiger partial charge in [0.25, 0.3) is 0 Å². The Kier molecular flexibility index (Phi) is 5.41. The number of benzene rings is 1. The van der Waals surface area contributed by atoms with Crippen LogP contribution in [0.2, 0.25) is 0 Å². The molecule has 19 heavy (non-hydrogen) atoms. The van der Waals surface area contributed by atoms with Crippen LogP contribution < -0.4 is 5.73 Å². The summed E-state index contributed by atoms with van der Waals surface area (Å²) in [5.74, 6) is 0.239. The summed E-state index contributed by atoms with van der Waals surface area (Å²) in [4.78, 5) is 0.0603. The van der Waals surface area contributed by atoms with Crippen LogP contribution in [-0.2, 0) is 0 Å². The van der Waals surface area contributed by atoms with Crippen LogP contribution in [0.15, 0.2) is 23.1 Å². The van der Waals surface area contributed by atoms with E-state index >= 15 is 0 Å². The van der Waals surface area contributed by atoms with Crippen molar-refractivity contribution in [3.05, 3.63) is 23.8 Å². The van der Waals surface area contributed by atoms with Crippen molar-refractivity contribution in [1.82, 2.24) is 0 Å². The summed E-state index contributed by atoms with van der Waals surface area (Å²) in [5, 5.41) is 9.70. The molecule has 0 amide bonds. The van der Waals surface area contributed by atoms with E-state index in [1.54, 1.807) is 0 Å². The van der Waals surface area contributed by atoms with Gasteiger partial charge in [-0.1, -0.05) is 6.42 Å². The second kappa shape index (κ2) is 6.24. The summed E-state index contributed by atoms with van der Waals surface area (Å²) in [6.45, 7) is 0. The van der Waals surface area contributed by atoms with Crippen LogP contribution >= 0.6 is 24.2 Å². The second-order valence-electron chi connectivity index (χ2n) is 4.49. The van der Waals surface area contributed by atoms with Crippen LogP contribution in [0.25, 0.3) is 0 Å². The van der Waals surface area contributed by atoms with Crippen LogP contribution in [0.4, 0.5) is 13.2 Å². The van der Waals surface area contributed by atoms with E-state index < -0.39 is 5.51 Å². The van der Waals surface area contributed by atoms with E-state index in [1.807, 2.05) is 0 Å². The second-order valence-corrected chi connectivity index (χ2v) is 5.62. The SMILES string of the molecule is Cl.N[C@@H](c1cc(SC(F)(F)F)ccc1O)C1CCC1. The van der Waals surface area contributed by atoms with Gasteiger partial charge in [-0.25, -0.2) is 0 Å². The zero-order chi connectivity index (χ0) is 13.3. The number of hydrogen-bond acceptors (Lipinski definition) is 3. The number of aromatic hydroxyl groups is 1. The maximum absolute atomic E-state index is 12.3. The minimum absolute atomic E-state index is 0. The lowest BCUT2D eigenvalue weighted by Gasteiger charge is -2.31. The van der Waals surface area contributed by atoms with E-state index in [2.05, 4.69) is 0 Å². The van der Waals surface area contributed by atoms with Crippen LogP contribution in [-0.4, -0.2) is 10.6 Å². The zero-order valence-corrected chi connectivity index (χ0v) is 11.6. The Morgan fingerprint density at radius 2 is 1.95 bits per heavy atom. The van der Waals surface area contributed by atoms with Gasteiger partial charge in [-0.3, -0.25) is 0 Å². The number of nitrogens with two attached hydrogens (primary N) is 1. The molecule has 0 spiro atoms.